The summed E-state index contributed by atoms with van der Waals surface area (Å²) >= 11 is 5.96. The number of oxime groups is 1. The van der Waals surface area contributed by atoms with Crippen LogP contribution in [-0.4, -0.2) is 49.0 Å². The van der Waals surface area contributed by atoms with Crippen molar-refractivity contribution in [2.45, 2.75) is 36.7 Å². The van der Waals surface area contributed by atoms with Crippen LogP contribution in [0.15, 0.2) is 46.6 Å². The highest BCUT2D eigenvalue weighted by atomic mass is 35.5. The molecule has 1 atom stereocenters. The molecule has 0 saturated heterocycles. The lowest BCUT2D eigenvalue weighted by Gasteiger charge is -2.33. The Balaban J connectivity index is 2.05. The molecule has 0 spiro atoms. The summed E-state index contributed by atoms with van der Waals surface area (Å²) in [5, 5.41) is 3.76. The van der Waals surface area contributed by atoms with E-state index in [0.29, 0.717) is 28.8 Å². The summed E-state index contributed by atoms with van der Waals surface area (Å²) in [7, 11) is -3.70. The minimum absolute atomic E-state index is 0.00440. The van der Waals surface area contributed by atoms with E-state index in [1.807, 2.05) is 0 Å². The van der Waals surface area contributed by atoms with E-state index in [1.54, 1.807) is 0 Å². The number of ketones is 1. The van der Waals surface area contributed by atoms with Gasteiger partial charge in [0, 0.05) is 26.6 Å². The van der Waals surface area contributed by atoms with Crippen LogP contribution in [0.1, 0.15) is 24.5 Å². The van der Waals surface area contributed by atoms with E-state index in [0.717, 1.165) is 24.2 Å². The summed E-state index contributed by atoms with van der Waals surface area (Å²) in [5.74, 6) is -0.878. The van der Waals surface area contributed by atoms with Crippen molar-refractivity contribution in [3.8, 4) is 0 Å². The number of benzene rings is 1. The zero-order valence-electron chi connectivity index (χ0n) is 18.4. The van der Waals surface area contributed by atoms with Crippen LogP contribution in [-0.2, 0) is 32.0 Å². The molecular weight excluding hydrogens is 542 g/mol. The molecule has 2 heterocycles. The number of alkyl halides is 6. The number of carbonyl (C=O) groups excluding carboxylic acids is 1. The zero-order chi connectivity index (χ0) is 27.1. The van der Waals surface area contributed by atoms with Gasteiger partial charge in [0.15, 0.2) is 11.6 Å². The fraction of sp³-hybridized carbons (Fsp3) is 0.350. The van der Waals surface area contributed by atoms with E-state index < -0.39 is 67.7 Å². The highest BCUT2D eigenvalue weighted by Crippen LogP contribution is 2.35. The molecule has 1 aromatic carbocycles. The summed E-state index contributed by atoms with van der Waals surface area (Å²) < 4.78 is 106. The van der Waals surface area contributed by atoms with Gasteiger partial charge in [-0.1, -0.05) is 22.8 Å². The Kier molecular flexibility index (Phi) is 7.58. The van der Waals surface area contributed by atoms with Gasteiger partial charge in [0.25, 0.3) is 10.0 Å². The maximum Gasteiger partial charge on any atom is 0.417 e. The van der Waals surface area contributed by atoms with Crippen LogP contribution >= 0.6 is 11.6 Å². The standard InChI is InChI=1S/C20H17ClF6N4O4S/c1-11(32)17-8-14(35-29-17)10-31(30(2)18-16(21)7-13(9-28-18)20(25,26)27)36(33,34)15-5-3-4-12(6-15)19(22,23)24/h3-7,9,14H,8,10H2,1-2H3. The van der Waals surface area contributed by atoms with E-state index >= 15 is 0 Å². The van der Waals surface area contributed by atoms with Gasteiger partial charge in [-0.15, -0.1) is 4.41 Å². The van der Waals surface area contributed by atoms with Gasteiger partial charge < -0.3 is 4.84 Å². The fourth-order valence-electron chi connectivity index (χ4n) is 3.17. The van der Waals surface area contributed by atoms with Crippen molar-refractivity contribution in [3.05, 3.63) is 52.7 Å². The van der Waals surface area contributed by atoms with E-state index in [9.17, 15) is 39.6 Å². The summed E-state index contributed by atoms with van der Waals surface area (Å²) in [6, 6.07) is 3.42. The van der Waals surface area contributed by atoms with Crippen LogP contribution in [0.4, 0.5) is 32.2 Å². The fourth-order valence-corrected chi connectivity index (χ4v) is 5.00. The molecule has 3 rings (SSSR count). The predicted octanol–water partition coefficient (Wildman–Crippen LogP) is 4.55. The van der Waals surface area contributed by atoms with Crippen LogP contribution < -0.4 is 5.01 Å². The number of anilines is 1. The van der Waals surface area contributed by atoms with Crippen molar-refractivity contribution in [2.75, 3.05) is 18.6 Å². The molecule has 0 fully saturated rings. The Bertz CT molecular complexity index is 1300. The monoisotopic (exact) mass is 558 g/mol. The van der Waals surface area contributed by atoms with Crippen molar-refractivity contribution in [3.63, 3.8) is 0 Å². The number of hydrazine groups is 1. The van der Waals surface area contributed by atoms with Gasteiger partial charge in [-0.2, -0.15) is 26.3 Å². The van der Waals surface area contributed by atoms with Gasteiger partial charge >= 0.3 is 12.4 Å². The normalized spacial score (nSPS) is 16.6. The van der Waals surface area contributed by atoms with Crippen LogP contribution in [0, 0.1) is 0 Å². The highest BCUT2D eigenvalue weighted by Gasteiger charge is 2.38. The molecular formula is C20H17ClF6N4O4S. The maximum atomic E-state index is 13.5. The summed E-state index contributed by atoms with van der Waals surface area (Å²) in [4.78, 5) is 19.5. The Morgan fingerprint density at radius 1 is 1.14 bits per heavy atom. The summed E-state index contributed by atoms with van der Waals surface area (Å²) in [6.07, 6.45) is -10.4. The molecule has 0 amide bonds. The van der Waals surface area contributed by atoms with E-state index in [-0.39, 0.29) is 12.1 Å². The SMILES string of the molecule is CC(=O)C1=NOC(CN(N(C)c2ncc(C(F)(F)F)cc2Cl)S(=O)(=O)c2cccc(C(F)(F)F)c2)C1. The minimum atomic E-state index is -4.85. The first-order valence-corrected chi connectivity index (χ1v) is 11.7. The molecule has 0 N–H and O–H groups in total. The molecule has 1 aliphatic rings. The minimum Gasteiger partial charge on any atom is -0.390 e. The summed E-state index contributed by atoms with van der Waals surface area (Å²) in [5.41, 5.74) is -2.43. The topological polar surface area (TPSA) is 92.2 Å². The Hall–Kier alpha value is -2.91. The van der Waals surface area contributed by atoms with Crippen molar-refractivity contribution in [2.24, 2.45) is 5.16 Å². The molecule has 0 saturated carbocycles. The number of aromatic nitrogens is 1. The molecule has 0 radical (unpaired) electrons. The van der Waals surface area contributed by atoms with Gasteiger partial charge in [-0.3, -0.25) is 9.80 Å². The molecule has 1 aliphatic heterocycles. The van der Waals surface area contributed by atoms with E-state index in [1.165, 1.54) is 6.92 Å². The zero-order valence-corrected chi connectivity index (χ0v) is 20.0. The van der Waals surface area contributed by atoms with Gasteiger partial charge in [0.05, 0.1) is 27.6 Å². The number of hydrogen-bond donors (Lipinski definition) is 0. The van der Waals surface area contributed by atoms with Crippen LogP contribution in [0.5, 0.6) is 0 Å². The molecule has 8 nitrogen and oxygen atoms in total. The molecule has 0 bridgehead atoms. The Morgan fingerprint density at radius 3 is 2.31 bits per heavy atom. The molecule has 0 aliphatic carbocycles. The van der Waals surface area contributed by atoms with E-state index in [2.05, 4.69) is 10.1 Å². The van der Waals surface area contributed by atoms with Crippen molar-refractivity contribution in [1.82, 2.24) is 9.40 Å². The Morgan fingerprint density at radius 2 is 1.78 bits per heavy atom. The van der Waals surface area contributed by atoms with Crippen LogP contribution in [0.25, 0.3) is 0 Å². The number of rotatable bonds is 7. The molecule has 36 heavy (non-hydrogen) atoms. The lowest BCUT2D eigenvalue weighted by molar-refractivity contribution is -0.138. The van der Waals surface area contributed by atoms with Gasteiger partial charge in [0.2, 0.25) is 0 Å². The number of nitrogens with zero attached hydrogens (tertiary/aromatic N) is 4. The van der Waals surface area contributed by atoms with Crippen LogP contribution in [0.3, 0.4) is 0 Å². The smallest absolute Gasteiger partial charge is 0.390 e. The van der Waals surface area contributed by atoms with Gasteiger partial charge in [-0.25, -0.2) is 13.4 Å². The number of pyridine rings is 1. The summed E-state index contributed by atoms with van der Waals surface area (Å²) in [6.45, 7) is 0.619. The number of halogens is 7. The van der Waals surface area contributed by atoms with Crippen molar-refractivity contribution >= 4 is 38.9 Å². The second-order valence-electron chi connectivity index (χ2n) is 7.61. The second-order valence-corrected chi connectivity index (χ2v) is 9.86. The second kappa shape index (κ2) is 9.86. The lowest BCUT2D eigenvalue weighted by atomic mass is 10.1. The first-order chi connectivity index (χ1) is 16.5. The third-order valence-corrected chi connectivity index (χ3v) is 7.10. The van der Waals surface area contributed by atoms with E-state index in [4.69, 9.17) is 16.4 Å². The number of sulfonamides is 1. The first kappa shape index (κ1) is 27.7. The number of hydrogen-bond acceptors (Lipinski definition) is 7. The molecule has 1 unspecified atom stereocenters. The third kappa shape index (κ3) is 5.90. The third-order valence-electron chi connectivity index (χ3n) is 5.03. The van der Waals surface area contributed by atoms with Crippen molar-refractivity contribution in [1.29, 1.82) is 0 Å². The average molecular weight is 559 g/mol. The molecule has 196 valence electrons. The molecule has 1 aromatic heterocycles. The number of Topliss-reactive ketones (excluding diaryl/α,β-unsaturated/α-hetero) is 1. The largest absolute Gasteiger partial charge is 0.417 e. The molecule has 16 heteroatoms. The predicted molar refractivity (Wildman–Crippen MR) is 116 cm³/mol. The highest BCUT2D eigenvalue weighted by molar-refractivity contribution is 7.89. The van der Waals surface area contributed by atoms with Gasteiger partial charge in [-0.05, 0) is 24.3 Å². The number of carbonyl (C=O) groups is 1. The van der Waals surface area contributed by atoms with Crippen LogP contribution in [0.2, 0.25) is 5.02 Å². The van der Waals surface area contributed by atoms with Gasteiger partial charge in [0.1, 0.15) is 11.8 Å². The quantitative estimate of drug-likeness (QED) is 0.366. The first-order valence-electron chi connectivity index (χ1n) is 9.92. The molecule has 2 aromatic rings. The average Bonchev–Trinajstić information content (AvgIpc) is 3.25. The van der Waals surface area contributed by atoms with Crippen molar-refractivity contribution < 1.29 is 44.4 Å². The maximum absolute atomic E-state index is 13.5. The Labute approximate surface area is 206 Å². The lowest BCUT2D eigenvalue weighted by Crippen LogP contribution is -2.48.